The van der Waals surface area contributed by atoms with E-state index in [0.717, 1.165) is 31.2 Å². The van der Waals surface area contributed by atoms with Crippen LogP contribution >= 0.6 is 0 Å². The highest BCUT2D eigenvalue weighted by Crippen LogP contribution is 2.22. The summed E-state index contributed by atoms with van der Waals surface area (Å²) in [6.45, 7) is 1.86. The molecule has 0 spiro atoms. The molecule has 1 aromatic rings. The van der Waals surface area contributed by atoms with Crippen molar-refractivity contribution in [3.05, 3.63) is 29.3 Å². The lowest BCUT2D eigenvalue weighted by atomic mass is 9.99. The average Bonchev–Trinajstić information content (AvgIpc) is 2.46. The third kappa shape index (κ3) is 4.86. The molecule has 0 unspecified atom stereocenters. The second kappa shape index (κ2) is 7.97. The molecule has 22 heavy (non-hydrogen) atoms. The average molecular weight is 304 g/mol. The minimum absolute atomic E-state index is 0.163. The number of phenolic OH excluding ortho intramolecular Hbond substituents is 1. The summed E-state index contributed by atoms with van der Waals surface area (Å²) >= 11 is 0. The standard InChI is InChI=1S/C18H24O4/c1-13-6-5-9-15(19)8-4-2-3-7-14-12-16(20)10-11-17(14)18(21)22-13/h10-13,20H,2-9H2,1H3/t13-/m0/s1. The number of esters is 1. The van der Waals surface area contributed by atoms with Gasteiger partial charge < -0.3 is 9.84 Å². The Balaban J connectivity index is 2.15. The van der Waals surface area contributed by atoms with Crippen LogP contribution in [-0.2, 0) is 16.0 Å². The van der Waals surface area contributed by atoms with Crippen LogP contribution < -0.4 is 0 Å². The van der Waals surface area contributed by atoms with Crippen molar-refractivity contribution in [2.24, 2.45) is 0 Å². The topological polar surface area (TPSA) is 63.6 Å². The van der Waals surface area contributed by atoms with Crippen molar-refractivity contribution in [2.45, 2.75) is 64.4 Å². The number of ether oxygens (including phenoxy) is 1. The number of carbonyl (C=O) groups excluding carboxylic acids is 2. The molecule has 0 fully saturated rings. The molecule has 0 saturated heterocycles. The fraction of sp³-hybridized carbons (Fsp3) is 0.556. The van der Waals surface area contributed by atoms with Gasteiger partial charge in [-0.15, -0.1) is 0 Å². The van der Waals surface area contributed by atoms with Gasteiger partial charge in [-0.3, -0.25) is 4.79 Å². The molecule has 0 radical (unpaired) electrons. The Labute approximate surface area is 131 Å². The molecule has 0 aliphatic carbocycles. The Morgan fingerprint density at radius 3 is 2.59 bits per heavy atom. The van der Waals surface area contributed by atoms with Crippen LogP contribution in [0.25, 0.3) is 0 Å². The number of hydrogen-bond donors (Lipinski definition) is 1. The Kier molecular flexibility index (Phi) is 5.99. The van der Waals surface area contributed by atoms with Crippen molar-refractivity contribution in [2.75, 3.05) is 0 Å². The van der Waals surface area contributed by atoms with Crippen molar-refractivity contribution in [3.63, 3.8) is 0 Å². The molecule has 1 atom stereocenters. The molecule has 0 amide bonds. The maximum Gasteiger partial charge on any atom is 0.338 e. The van der Waals surface area contributed by atoms with Gasteiger partial charge in [0, 0.05) is 12.8 Å². The van der Waals surface area contributed by atoms with Crippen LogP contribution in [0.1, 0.15) is 67.8 Å². The van der Waals surface area contributed by atoms with E-state index in [1.807, 2.05) is 6.92 Å². The maximum atomic E-state index is 12.3. The smallest absolute Gasteiger partial charge is 0.338 e. The normalized spacial score (nSPS) is 21.6. The first-order valence-electron chi connectivity index (χ1n) is 8.11. The summed E-state index contributed by atoms with van der Waals surface area (Å²) in [5.41, 5.74) is 1.36. The molecule has 1 N–H and O–H groups in total. The summed E-state index contributed by atoms with van der Waals surface area (Å²) in [6.07, 6.45) is 5.92. The number of aryl methyl sites for hydroxylation is 1. The summed E-state index contributed by atoms with van der Waals surface area (Å²) in [5.74, 6) is 0.121. The number of fused-ring (bicyclic) bond motifs is 1. The van der Waals surface area contributed by atoms with Crippen molar-refractivity contribution in [1.82, 2.24) is 0 Å². The van der Waals surface area contributed by atoms with E-state index in [4.69, 9.17) is 4.74 Å². The summed E-state index contributed by atoms with van der Waals surface area (Å²) in [6, 6.07) is 4.79. The van der Waals surface area contributed by atoms with Gasteiger partial charge in [0.05, 0.1) is 11.7 Å². The van der Waals surface area contributed by atoms with Gasteiger partial charge in [-0.25, -0.2) is 4.79 Å². The highest BCUT2D eigenvalue weighted by molar-refractivity contribution is 5.91. The lowest BCUT2D eigenvalue weighted by Crippen LogP contribution is -2.17. The minimum atomic E-state index is -0.342. The van der Waals surface area contributed by atoms with E-state index in [9.17, 15) is 14.7 Å². The molecular weight excluding hydrogens is 280 g/mol. The number of aromatic hydroxyl groups is 1. The van der Waals surface area contributed by atoms with Crippen molar-refractivity contribution < 1.29 is 19.4 Å². The molecular formula is C18H24O4. The summed E-state index contributed by atoms with van der Waals surface area (Å²) in [7, 11) is 0. The largest absolute Gasteiger partial charge is 0.508 e. The lowest BCUT2D eigenvalue weighted by Gasteiger charge is -2.16. The van der Waals surface area contributed by atoms with Crippen LogP contribution in [0.15, 0.2) is 18.2 Å². The zero-order valence-corrected chi connectivity index (χ0v) is 13.1. The molecule has 1 aliphatic heterocycles. The number of Topliss-reactive ketones (excluding diaryl/α,β-unsaturated/α-hetero) is 1. The fourth-order valence-corrected chi connectivity index (χ4v) is 2.82. The summed E-state index contributed by atoms with van der Waals surface area (Å²) in [5, 5.41) is 9.64. The third-order valence-corrected chi connectivity index (χ3v) is 4.08. The highest BCUT2D eigenvalue weighted by atomic mass is 16.5. The van der Waals surface area contributed by atoms with E-state index in [2.05, 4.69) is 0 Å². The molecule has 2 rings (SSSR count). The van der Waals surface area contributed by atoms with E-state index in [-0.39, 0.29) is 17.8 Å². The number of ketones is 1. The fourth-order valence-electron chi connectivity index (χ4n) is 2.82. The van der Waals surface area contributed by atoms with Gasteiger partial charge in [0.2, 0.25) is 0 Å². The van der Waals surface area contributed by atoms with Crippen LogP contribution in [0.3, 0.4) is 0 Å². The highest BCUT2D eigenvalue weighted by Gasteiger charge is 2.17. The van der Waals surface area contributed by atoms with Crippen LogP contribution in [0.2, 0.25) is 0 Å². The van der Waals surface area contributed by atoms with E-state index >= 15 is 0 Å². The van der Waals surface area contributed by atoms with Crippen molar-refractivity contribution in [3.8, 4) is 5.75 Å². The van der Waals surface area contributed by atoms with Gasteiger partial charge >= 0.3 is 5.97 Å². The second-order valence-electron chi connectivity index (χ2n) is 6.05. The first-order chi connectivity index (χ1) is 10.6. The molecule has 0 saturated carbocycles. The van der Waals surface area contributed by atoms with Crippen LogP contribution in [0, 0.1) is 0 Å². The predicted octanol–water partition coefficient (Wildman–Crippen LogP) is 3.79. The minimum Gasteiger partial charge on any atom is -0.508 e. The lowest BCUT2D eigenvalue weighted by molar-refractivity contribution is -0.119. The quantitative estimate of drug-likeness (QED) is 0.741. The number of cyclic esters (lactones) is 1. The van der Waals surface area contributed by atoms with E-state index in [0.29, 0.717) is 37.0 Å². The first kappa shape index (κ1) is 16.5. The molecule has 1 aliphatic rings. The van der Waals surface area contributed by atoms with Gasteiger partial charge in [0.1, 0.15) is 11.5 Å². The second-order valence-corrected chi connectivity index (χ2v) is 6.05. The van der Waals surface area contributed by atoms with Crippen LogP contribution in [0.4, 0.5) is 0 Å². The number of rotatable bonds is 0. The number of hydrogen-bond acceptors (Lipinski definition) is 4. The molecule has 1 heterocycles. The number of benzene rings is 1. The van der Waals surface area contributed by atoms with Gasteiger partial charge in [0.15, 0.2) is 0 Å². The Hall–Kier alpha value is -1.84. The summed E-state index contributed by atoms with van der Waals surface area (Å²) < 4.78 is 5.46. The molecule has 0 bridgehead atoms. The molecule has 4 nitrogen and oxygen atoms in total. The monoisotopic (exact) mass is 304 g/mol. The number of carbonyl (C=O) groups is 2. The zero-order chi connectivity index (χ0) is 15.9. The van der Waals surface area contributed by atoms with Gasteiger partial charge in [-0.2, -0.15) is 0 Å². The number of phenols is 1. The van der Waals surface area contributed by atoms with Crippen LogP contribution in [0.5, 0.6) is 5.75 Å². The SMILES string of the molecule is C[C@H]1CCCC(=O)CCCCCc2cc(O)ccc2C(=O)O1. The van der Waals surface area contributed by atoms with Crippen molar-refractivity contribution in [1.29, 1.82) is 0 Å². The molecule has 120 valence electrons. The van der Waals surface area contributed by atoms with E-state index < -0.39 is 0 Å². The van der Waals surface area contributed by atoms with Gasteiger partial charge in [-0.1, -0.05) is 6.42 Å². The molecule has 4 heteroatoms. The third-order valence-electron chi connectivity index (χ3n) is 4.08. The van der Waals surface area contributed by atoms with Crippen molar-refractivity contribution >= 4 is 11.8 Å². The van der Waals surface area contributed by atoms with E-state index in [1.54, 1.807) is 12.1 Å². The van der Waals surface area contributed by atoms with Crippen LogP contribution in [-0.4, -0.2) is 23.0 Å². The van der Waals surface area contributed by atoms with Gasteiger partial charge in [-0.05, 0) is 62.8 Å². The molecule has 0 aromatic heterocycles. The maximum absolute atomic E-state index is 12.3. The molecule has 1 aromatic carbocycles. The van der Waals surface area contributed by atoms with Gasteiger partial charge in [0.25, 0.3) is 0 Å². The first-order valence-corrected chi connectivity index (χ1v) is 8.11. The summed E-state index contributed by atoms with van der Waals surface area (Å²) in [4.78, 5) is 24.0. The predicted molar refractivity (Wildman–Crippen MR) is 84.0 cm³/mol. The Bertz CT molecular complexity index is 536. The van der Waals surface area contributed by atoms with E-state index in [1.165, 1.54) is 6.07 Å². The zero-order valence-electron chi connectivity index (χ0n) is 13.1. The Morgan fingerprint density at radius 2 is 1.77 bits per heavy atom. The Morgan fingerprint density at radius 1 is 1.05 bits per heavy atom.